The molecule has 4 amide bonds. The maximum Gasteiger partial charge on any atom is 0.358 e. The number of sulfone groups is 1. The Hall–Kier alpha value is -16.0. The second kappa shape index (κ2) is 57.5. The lowest BCUT2D eigenvalue weighted by Gasteiger charge is -2.06. The summed E-state index contributed by atoms with van der Waals surface area (Å²) in [5.74, 6) is -5.33. The van der Waals surface area contributed by atoms with E-state index >= 15 is 0 Å². The van der Waals surface area contributed by atoms with E-state index in [1.54, 1.807) is 32.9 Å². The summed E-state index contributed by atoms with van der Waals surface area (Å²) in [4.78, 5) is 92.9. The molecule has 14 aromatic rings. The fourth-order valence-corrected chi connectivity index (χ4v) is 15.1. The van der Waals surface area contributed by atoms with Crippen LogP contribution in [-0.4, -0.2) is 257 Å². The predicted octanol–water partition coefficient (Wildman–Crippen LogP) is 7.25. The number of nitrogens with zero attached hydrogens (tertiary/aromatic N) is 11. The van der Waals surface area contributed by atoms with Crippen molar-refractivity contribution in [2.24, 2.45) is 5.73 Å². The van der Waals surface area contributed by atoms with Gasteiger partial charge < -0.3 is 91.2 Å². The summed E-state index contributed by atoms with van der Waals surface area (Å²) in [6.45, 7) is 4.58. The summed E-state index contributed by atoms with van der Waals surface area (Å²) in [6.07, 6.45) is 0. The topological polar surface area (TPSA) is 771 Å². The lowest BCUT2D eigenvalue weighted by Crippen LogP contribution is -2.32. The molecule has 9 aromatic heterocycles. The number of nitrogen functional groups attached to an aromatic ring is 3. The first kappa shape index (κ1) is 116. The Labute approximate surface area is 822 Å². The van der Waals surface area contributed by atoms with E-state index in [9.17, 15) is 84.8 Å². The van der Waals surface area contributed by atoms with Crippen molar-refractivity contribution in [3.8, 4) is 56.6 Å². The quantitative estimate of drug-likeness (QED) is 0.00804. The van der Waals surface area contributed by atoms with Gasteiger partial charge in [0.2, 0.25) is 9.05 Å². The Morgan fingerprint density at radius 3 is 1.07 bits per heavy atom. The molecule has 0 saturated heterocycles. The maximum absolute atomic E-state index is 12.4. The van der Waals surface area contributed by atoms with E-state index in [1.165, 1.54) is 55.9 Å². The molecule has 0 fully saturated rings. The largest absolute Gasteiger partial charge is 0.476 e. The number of aromatic carboxylic acids is 1. The van der Waals surface area contributed by atoms with Crippen molar-refractivity contribution in [2.75, 3.05) is 106 Å². The number of aromatic nitrogens is 13. The van der Waals surface area contributed by atoms with Crippen LogP contribution in [0.4, 0.5) is 21.8 Å². The number of alkyl halides is 1. The molecular formula is C86H101ClFN21O29S5. The number of hydrogen-bond acceptors (Lipinski definition) is 40. The van der Waals surface area contributed by atoms with Crippen molar-refractivity contribution >= 4 is 125 Å². The van der Waals surface area contributed by atoms with Crippen molar-refractivity contribution in [3.63, 3.8) is 0 Å². The van der Waals surface area contributed by atoms with Gasteiger partial charge in [0.1, 0.15) is 23.1 Å². The number of carboxylic acid groups (broad SMARTS) is 1. The molecule has 57 heteroatoms. The van der Waals surface area contributed by atoms with Crippen LogP contribution in [0.15, 0.2) is 229 Å². The molecule has 143 heavy (non-hydrogen) atoms. The van der Waals surface area contributed by atoms with Gasteiger partial charge in [0, 0.05) is 121 Å². The fourth-order valence-electron chi connectivity index (χ4n) is 10.8. The smallest absolute Gasteiger partial charge is 0.358 e. The van der Waals surface area contributed by atoms with E-state index < -0.39 is 115 Å². The lowest BCUT2D eigenvalue weighted by molar-refractivity contribution is 0.0510. The molecule has 0 aliphatic carbocycles. The molecule has 14 rings (SSSR count). The van der Waals surface area contributed by atoms with Crippen LogP contribution in [0.5, 0.6) is 0 Å². The van der Waals surface area contributed by atoms with E-state index in [1.807, 2.05) is 140 Å². The SMILES string of the molecule is C.CCOC(=O)c1cc(CS(=O)(=O)CCNC(=O)c2cc(-c3ccccc3)on2)[nH]n1.CCOC(=O)c1cc(N)n(S(=O)(=O)CCNC(=O)c2cc(-c3ccccc3)on2)n1.CCOC(=O)c1cc(N)n[nH]1.CF.NCCS(=O)(=O)O.Nc1cc(CO)nn1S(=O)(=O)CCNC(=O)c1cc(-c2ccccc2)on1.O=C(NCCS(=O)(=O)Cl)c1cc(-c2ccccc2)on1.O=C(O)c1cc(-c2ccccc2)on1.[2H]C. The van der Waals surface area contributed by atoms with Gasteiger partial charge in [0.25, 0.3) is 53.8 Å². The monoisotopic (exact) mass is 2110 g/mol. The molecule has 0 spiro atoms. The number of ether oxygens (including phenoxy) is 3. The minimum atomic E-state index is -4.02. The number of carbonyl (C=O) groups is 8. The van der Waals surface area contributed by atoms with Crippen molar-refractivity contribution < 1.29 is 138 Å². The minimum Gasteiger partial charge on any atom is -0.476 e. The first-order chi connectivity index (χ1) is 68.1. The first-order valence-corrected chi connectivity index (χ1v) is 50.0. The lowest BCUT2D eigenvalue weighted by atomic mass is 10.1. The van der Waals surface area contributed by atoms with E-state index in [2.05, 4.69) is 82.4 Å². The standard InChI is InChI=1S/C19H20N4O6S.C18H19N5O6S.C16H17N5O5S.C12H11ClN2O4S.C10H7NO3.C6H9N3O2.C2H7NO3S.CH3F.2CH4/c1-2-28-19(25)16-10-14(21-22-16)12-30(26,27)9-8-20-18(24)15-11-17(29-23-15)13-6-4-3-5-7-13;1-2-28-18(25)14-11-16(19)23(21-14)30(26,27)9-8-20-17(24)13-10-15(29-22-13)12-6-4-3-5-7-12;17-15-8-12(10-22)19-21(15)27(24,25)7-6-18-16(23)13-9-14(26-20-13)11-4-2-1-3-5-11;13-20(17,18)7-6-14-12(16)10-8-11(19-15-10)9-4-2-1-3-5-9;12-10(13)8-6-9(14-11-8)7-4-2-1-3-5-7;1-2-11-6(10)4-3-5(7)9-8-4;3-1-2-7(4,5)6;1-2;;/h3-7,10-11H,2,8-9,12H2,1H3,(H,20,24)(H,21,22);3-7,10-11H,2,8-9,19H2,1H3,(H,20,24);1-5,8-9,22H,6-7,10,17H2,(H,18,23);1-5,8H,6-7H2,(H,14,16);1-6H,(H,12,13);3H,2H2,1H3,(H3,7,8,9);1-3H2,(H,4,5,6);1H3;2*1H4/i;;;;;;;;1D;. The number of aliphatic hydroxyl groups is 1. The zero-order chi connectivity index (χ0) is 105. The molecule has 0 radical (unpaired) electrons. The normalized spacial score (nSPS) is 10.8. The predicted molar refractivity (Wildman–Crippen MR) is 516 cm³/mol. The number of rotatable bonds is 35. The van der Waals surface area contributed by atoms with Gasteiger partial charge in [-0.05, 0) is 26.8 Å². The summed E-state index contributed by atoms with van der Waals surface area (Å²) < 4.78 is 179. The Balaban J connectivity index is 0.000000305. The van der Waals surface area contributed by atoms with E-state index in [4.69, 9.17) is 81.8 Å². The molecule has 0 bridgehead atoms. The van der Waals surface area contributed by atoms with Gasteiger partial charge in [-0.3, -0.25) is 38.3 Å². The molecule has 5 aromatic carbocycles. The summed E-state index contributed by atoms with van der Waals surface area (Å²) in [7, 11) is -12.1. The number of carbonyl (C=O) groups excluding carboxylic acids is 7. The summed E-state index contributed by atoms with van der Waals surface area (Å²) >= 11 is 0. The Kier molecular flexibility index (Phi) is 46.5. The number of anilines is 3. The Bertz CT molecular complexity index is 7060. The van der Waals surface area contributed by atoms with E-state index in [0.717, 1.165) is 33.9 Å². The van der Waals surface area contributed by atoms with Crippen molar-refractivity contribution in [1.82, 2.24) is 85.8 Å². The molecule has 0 unspecified atom stereocenters. The number of nitrogens with two attached hydrogens (primary N) is 4. The van der Waals surface area contributed by atoms with Crippen LogP contribution in [0, 0.1) is 0 Å². The number of carboxylic acids is 1. The van der Waals surface area contributed by atoms with Crippen LogP contribution >= 0.6 is 10.7 Å². The van der Waals surface area contributed by atoms with Gasteiger partial charge in [-0.2, -0.15) is 23.7 Å². The number of nitrogens with one attached hydrogen (secondary N) is 6. The zero-order valence-electron chi connectivity index (χ0n) is 76.7. The fraction of sp³-hybridized carbons (Fsp3) is 0.244. The second-order valence-corrected chi connectivity index (χ2v) is 38.1. The molecule has 50 nitrogen and oxygen atoms in total. The number of aliphatic hydroxyl groups excluding tert-OH is 1. The summed E-state index contributed by atoms with van der Waals surface area (Å²) in [5, 5.41) is 65.2. The molecule has 0 aliphatic rings. The highest BCUT2D eigenvalue weighted by molar-refractivity contribution is 8.13. The number of H-pyrrole nitrogens is 2. The third-order valence-electron chi connectivity index (χ3n) is 17.2. The Morgan fingerprint density at radius 2 is 0.762 bits per heavy atom. The second-order valence-electron chi connectivity index (χ2n) is 27.6. The van der Waals surface area contributed by atoms with Crippen LogP contribution in [-0.2, 0) is 75.6 Å². The highest BCUT2D eigenvalue weighted by atomic mass is 35.7. The van der Waals surface area contributed by atoms with Crippen molar-refractivity contribution in [3.05, 3.63) is 263 Å². The van der Waals surface area contributed by atoms with Crippen molar-refractivity contribution in [1.29, 1.82) is 0 Å². The minimum absolute atomic E-state index is 0. The summed E-state index contributed by atoms with van der Waals surface area (Å²) in [6, 6.07) is 58.2. The molecule has 0 saturated carbocycles. The van der Waals surface area contributed by atoms with Crippen LogP contribution in [0.3, 0.4) is 0 Å². The number of amides is 4. The van der Waals surface area contributed by atoms with Crippen LogP contribution in [0.1, 0.15) is 132 Å². The third-order valence-corrected chi connectivity index (χ3v) is 23.8. The van der Waals surface area contributed by atoms with Crippen LogP contribution < -0.4 is 44.2 Å². The third kappa shape index (κ3) is 39.0. The highest BCUT2D eigenvalue weighted by Crippen LogP contribution is 2.26. The number of aromatic amines is 2. The van der Waals surface area contributed by atoms with Gasteiger partial charge in [-0.25, -0.2) is 52.8 Å². The molecule has 768 valence electrons. The highest BCUT2D eigenvalue weighted by Gasteiger charge is 2.27. The van der Waals surface area contributed by atoms with Crippen LogP contribution in [0.2, 0.25) is 0 Å². The van der Waals surface area contributed by atoms with E-state index in [-0.39, 0.29) is 151 Å². The molecule has 9 heterocycles. The van der Waals surface area contributed by atoms with Gasteiger partial charge in [0.15, 0.2) is 78.5 Å². The molecular weight excluding hydrogens is 2010 g/mol. The molecule has 17 N–H and O–H groups in total. The number of halogens is 2. The van der Waals surface area contributed by atoms with Gasteiger partial charge >= 0.3 is 23.9 Å². The number of esters is 3. The van der Waals surface area contributed by atoms with Crippen LogP contribution in [0.25, 0.3) is 56.6 Å². The van der Waals surface area contributed by atoms with Gasteiger partial charge in [-0.1, -0.05) is 192 Å². The average molecular weight is 2110 g/mol. The molecule has 0 atom stereocenters. The number of hydrogen-bond donors (Lipinski definition) is 13. The zero-order valence-corrected chi connectivity index (χ0v) is 80.6. The summed E-state index contributed by atoms with van der Waals surface area (Å²) in [5.41, 5.74) is 25.7. The maximum atomic E-state index is 12.4. The first-order valence-electron chi connectivity index (χ1n) is 41.9. The number of benzene rings is 5. The van der Waals surface area contributed by atoms with E-state index in [0.29, 0.717) is 50.8 Å². The Morgan fingerprint density at radius 1 is 0.434 bits per heavy atom. The van der Waals surface area contributed by atoms with Gasteiger partial charge in [0.05, 0.1) is 79.5 Å². The van der Waals surface area contributed by atoms with Gasteiger partial charge in [-0.15, -0.1) is 13.3 Å². The molecule has 0 aliphatic heterocycles. The average Bonchev–Trinajstić information content (AvgIpc) is 1.66. The van der Waals surface area contributed by atoms with Crippen molar-refractivity contribution in [2.45, 2.75) is 48.0 Å².